The van der Waals surface area contributed by atoms with Crippen LogP contribution in [0.15, 0.2) is 88.2 Å². The fourth-order valence-corrected chi connectivity index (χ4v) is 5.34. The van der Waals surface area contributed by atoms with E-state index >= 15 is 0 Å². The topological polar surface area (TPSA) is 83.9 Å². The first-order valence-electron chi connectivity index (χ1n) is 10.9. The van der Waals surface area contributed by atoms with Gasteiger partial charge in [0, 0.05) is 16.5 Å². The molecule has 1 amide bonds. The molecule has 3 aromatic carbocycles. The van der Waals surface area contributed by atoms with Crippen LogP contribution in [-0.4, -0.2) is 44.6 Å². The quantitative estimate of drug-likeness (QED) is 0.200. The summed E-state index contributed by atoms with van der Waals surface area (Å²) in [6.45, 7) is -0.105. The molecule has 0 aromatic heterocycles. The Hall–Kier alpha value is -3.27. The van der Waals surface area contributed by atoms with Crippen molar-refractivity contribution in [3.05, 3.63) is 105 Å². The Kier molecular flexibility index (Phi) is 8.35. The third-order valence-corrected chi connectivity index (χ3v) is 7.21. The van der Waals surface area contributed by atoms with E-state index in [2.05, 4.69) is 15.9 Å². The van der Waals surface area contributed by atoms with Gasteiger partial charge in [-0.15, -0.1) is 0 Å². The van der Waals surface area contributed by atoms with Gasteiger partial charge in [0.25, 0.3) is 5.91 Å². The molecule has 4 rings (SSSR count). The third-order valence-electron chi connectivity index (χ3n) is 5.39. The molecule has 9 heteroatoms. The first kappa shape index (κ1) is 25.8. The maximum atomic E-state index is 13.1. The van der Waals surface area contributed by atoms with E-state index in [0.717, 1.165) is 27.4 Å². The highest BCUT2D eigenvalue weighted by Gasteiger charge is 2.40. The Labute approximate surface area is 226 Å². The number of carbonyl (C=O) groups is 3. The van der Waals surface area contributed by atoms with Crippen molar-refractivity contribution >= 4 is 68.0 Å². The summed E-state index contributed by atoms with van der Waals surface area (Å²) in [5.41, 5.74) is 2.07. The van der Waals surface area contributed by atoms with E-state index < -0.39 is 17.9 Å². The SMILES string of the molecule is O=C(COc1ccc(/C=C2\SC(=S)N([C@@H](Cc3ccccc3)C(=O)O)C2=O)cc1)c1cccc(Br)c1. The number of benzene rings is 3. The summed E-state index contributed by atoms with van der Waals surface area (Å²) < 4.78 is 6.63. The first-order chi connectivity index (χ1) is 17.3. The lowest BCUT2D eigenvalue weighted by Gasteiger charge is -2.23. The smallest absolute Gasteiger partial charge is 0.327 e. The molecular formula is C27H20BrNO5S2. The Morgan fingerprint density at radius 1 is 1.06 bits per heavy atom. The maximum absolute atomic E-state index is 13.1. The van der Waals surface area contributed by atoms with Crippen molar-refractivity contribution in [1.29, 1.82) is 0 Å². The summed E-state index contributed by atoms with van der Waals surface area (Å²) in [6, 6.07) is 22.0. The van der Waals surface area contributed by atoms with Gasteiger partial charge in [-0.2, -0.15) is 0 Å². The second-order valence-electron chi connectivity index (χ2n) is 7.89. The normalized spacial score (nSPS) is 15.2. The fraction of sp³-hybridized carbons (Fsp3) is 0.111. The van der Waals surface area contributed by atoms with Gasteiger partial charge < -0.3 is 9.84 Å². The van der Waals surface area contributed by atoms with Crippen LogP contribution in [0.5, 0.6) is 5.75 Å². The number of rotatable bonds is 9. The number of carboxylic acids is 1. The average molecular weight is 582 g/mol. The zero-order valence-corrected chi connectivity index (χ0v) is 22.0. The van der Waals surface area contributed by atoms with Crippen molar-refractivity contribution in [2.75, 3.05) is 6.61 Å². The number of carbonyl (C=O) groups excluding carboxylic acids is 2. The van der Waals surface area contributed by atoms with E-state index in [4.69, 9.17) is 17.0 Å². The van der Waals surface area contributed by atoms with E-state index in [1.165, 1.54) is 4.90 Å². The zero-order valence-electron chi connectivity index (χ0n) is 18.8. The summed E-state index contributed by atoms with van der Waals surface area (Å²) >= 11 is 9.78. The highest BCUT2D eigenvalue weighted by molar-refractivity contribution is 9.10. The number of amides is 1. The molecule has 1 aliphatic rings. The van der Waals surface area contributed by atoms with E-state index in [0.29, 0.717) is 16.2 Å². The molecule has 1 saturated heterocycles. The predicted molar refractivity (Wildman–Crippen MR) is 147 cm³/mol. The molecule has 1 atom stereocenters. The molecule has 0 unspecified atom stereocenters. The molecule has 36 heavy (non-hydrogen) atoms. The summed E-state index contributed by atoms with van der Waals surface area (Å²) in [7, 11) is 0. The number of carboxylic acid groups (broad SMARTS) is 1. The van der Waals surface area contributed by atoms with E-state index in [1.54, 1.807) is 48.5 Å². The highest BCUT2D eigenvalue weighted by atomic mass is 79.9. The van der Waals surface area contributed by atoms with Gasteiger partial charge in [-0.05, 0) is 41.5 Å². The molecular weight excluding hydrogens is 562 g/mol. The molecule has 6 nitrogen and oxygen atoms in total. The van der Waals surface area contributed by atoms with Gasteiger partial charge in [-0.1, -0.05) is 94.5 Å². The Morgan fingerprint density at radius 2 is 1.78 bits per heavy atom. The first-order valence-corrected chi connectivity index (χ1v) is 12.9. The average Bonchev–Trinajstić information content (AvgIpc) is 3.14. The minimum Gasteiger partial charge on any atom is -0.485 e. The van der Waals surface area contributed by atoms with Crippen LogP contribution in [0.1, 0.15) is 21.5 Å². The Balaban J connectivity index is 1.42. The van der Waals surface area contributed by atoms with E-state index in [1.807, 2.05) is 36.4 Å². The van der Waals surface area contributed by atoms with Crippen LogP contribution in [0.2, 0.25) is 0 Å². The van der Waals surface area contributed by atoms with Gasteiger partial charge in [0.2, 0.25) is 0 Å². The lowest BCUT2D eigenvalue weighted by atomic mass is 10.0. The highest BCUT2D eigenvalue weighted by Crippen LogP contribution is 2.35. The van der Waals surface area contributed by atoms with Gasteiger partial charge in [0.15, 0.2) is 12.4 Å². The monoisotopic (exact) mass is 581 g/mol. The standard InChI is InChI=1S/C27H20BrNO5S2/c28-20-8-4-7-19(15-20)23(30)16-34-21-11-9-18(10-12-21)14-24-25(31)29(27(35)36-24)22(26(32)33)13-17-5-2-1-3-6-17/h1-12,14-15,22H,13,16H2,(H,32,33)/b24-14-/t22-/m0/s1. The van der Waals surface area contributed by atoms with Crippen molar-refractivity contribution in [2.24, 2.45) is 0 Å². The molecule has 0 spiro atoms. The summed E-state index contributed by atoms with van der Waals surface area (Å²) in [6.07, 6.45) is 1.82. The van der Waals surface area contributed by atoms with Crippen molar-refractivity contribution < 1.29 is 24.2 Å². The number of hydrogen-bond acceptors (Lipinski definition) is 6. The molecule has 1 aliphatic heterocycles. The second kappa shape index (κ2) is 11.6. The van der Waals surface area contributed by atoms with Crippen LogP contribution in [0.25, 0.3) is 6.08 Å². The molecule has 1 fully saturated rings. The number of ketones is 1. The Morgan fingerprint density at radius 3 is 2.44 bits per heavy atom. The van der Waals surface area contributed by atoms with Crippen LogP contribution in [0.4, 0.5) is 0 Å². The third kappa shape index (κ3) is 6.29. The zero-order chi connectivity index (χ0) is 25.7. The van der Waals surface area contributed by atoms with Crippen molar-refractivity contribution in [3.63, 3.8) is 0 Å². The van der Waals surface area contributed by atoms with Crippen LogP contribution < -0.4 is 4.74 Å². The van der Waals surface area contributed by atoms with Crippen molar-refractivity contribution in [3.8, 4) is 5.75 Å². The molecule has 1 heterocycles. The molecule has 182 valence electrons. The molecule has 0 bridgehead atoms. The van der Waals surface area contributed by atoms with Gasteiger partial charge in [0.1, 0.15) is 16.1 Å². The van der Waals surface area contributed by atoms with E-state index in [9.17, 15) is 19.5 Å². The number of halogens is 1. The molecule has 0 saturated carbocycles. The summed E-state index contributed by atoms with van der Waals surface area (Å²) in [5, 5.41) is 9.79. The summed E-state index contributed by atoms with van der Waals surface area (Å²) in [5.74, 6) is -1.19. The largest absolute Gasteiger partial charge is 0.485 e. The number of Topliss-reactive ketones (excluding diaryl/α,β-unsaturated/α-hetero) is 1. The number of ether oxygens (including phenoxy) is 1. The number of aliphatic carboxylic acids is 1. The summed E-state index contributed by atoms with van der Waals surface area (Å²) in [4.78, 5) is 38.9. The lowest BCUT2D eigenvalue weighted by molar-refractivity contribution is -0.145. The van der Waals surface area contributed by atoms with Crippen LogP contribution in [-0.2, 0) is 16.0 Å². The number of nitrogens with zero attached hydrogens (tertiary/aromatic N) is 1. The van der Waals surface area contributed by atoms with Gasteiger partial charge in [-0.25, -0.2) is 4.79 Å². The van der Waals surface area contributed by atoms with Crippen LogP contribution in [0.3, 0.4) is 0 Å². The molecule has 1 N–H and O–H groups in total. The van der Waals surface area contributed by atoms with Gasteiger partial charge >= 0.3 is 5.97 Å². The molecule has 0 radical (unpaired) electrons. The number of hydrogen-bond donors (Lipinski definition) is 1. The lowest BCUT2D eigenvalue weighted by Crippen LogP contribution is -2.45. The van der Waals surface area contributed by atoms with Gasteiger partial charge in [0.05, 0.1) is 4.91 Å². The van der Waals surface area contributed by atoms with Crippen LogP contribution >= 0.6 is 39.9 Å². The van der Waals surface area contributed by atoms with Crippen molar-refractivity contribution in [2.45, 2.75) is 12.5 Å². The van der Waals surface area contributed by atoms with Crippen molar-refractivity contribution in [1.82, 2.24) is 4.90 Å². The van der Waals surface area contributed by atoms with Crippen LogP contribution in [0, 0.1) is 0 Å². The number of thiocarbonyl (C=S) groups is 1. The molecule has 0 aliphatic carbocycles. The minimum absolute atomic E-state index is 0.105. The fourth-order valence-electron chi connectivity index (χ4n) is 3.58. The minimum atomic E-state index is -1.12. The van der Waals surface area contributed by atoms with E-state index in [-0.39, 0.29) is 23.1 Å². The predicted octanol–water partition coefficient (Wildman–Crippen LogP) is 5.61. The van der Waals surface area contributed by atoms with Gasteiger partial charge in [-0.3, -0.25) is 14.5 Å². The molecule has 3 aromatic rings. The number of thioether (sulfide) groups is 1. The Bertz CT molecular complexity index is 1340. The maximum Gasteiger partial charge on any atom is 0.327 e. The second-order valence-corrected chi connectivity index (χ2v) is 10.5.